The van der Waals surface area contributed by atoms with Crippen LogP contribution in [0.25, 0.3) is 0 Å². The molecule has 1 aliphatic heterocycles. The number of allylic oxidation sites excluding steroid dienone is 1. The van der Waals surface area contributed by atoms with Gasteiger partial charge in [0.15, 0.2) is 0 Å². The quantitative estimate of drug-likeness (QED) is 0.708. The van der Waals surface area contributed by atoms with Crippen LogP contribution in [0.5, 0.6) is 5.75 Å². The molecule has 1 aromatic heterocycles. The normalized spacial score (nSPS) is 19.8. The van der Waals surface area contributed by atoms with Gasteiger partial charge in [-0.15, -0.1) is 0 Å². The van der Waals surface area contributed by atoms with E-state index >= 15 is 0 Å². The minimum atomic E-state index is -0.474. The number of methoxy groups -OCH3 is 1. The average Bonchev–Trinajstić information content (AvgIpc) is 3.15. The summed E-state index contributed by atoms with van der Waals surface area (Å²) in [6, 6.07) is 5.27. The minimum absolute atomic E-state index is 0.0221. The maximum atomic E-state index is 13.2. The lowest BCUT2D eigenvalue weighted by Crippen LogP contribution is -2.32. The van der Waals surface area contributed by atoms with Crippen molar-refractivity contribution < 1.29 is 14.3 Å². The first-order valence-electron chi connectivity index (χ1n) is 9.50. The second-order valence-electron chi connectivity index (χ2n) is 7.15. The Morgan fingerprint density at radius 3 is 2.82 bits per heavy atom. The fourth-order valence-electron chi connectivity index (χ4n) is 3.95. The van der Waals surface area contributed by atoms with Crippen LogP contribution in [0.4, 0.5) is 5.95 Å². The van der Waals surface area contributed by atoms with Crippen LogP contribution in [0.1, 0.15) is 50.6 Å². The molecule has 28 heavy (non-hydrogen) atoms. The first-order chi connectivity index (χ1) is 13.6. The summed E-state index contributed by atoms with van der Waals surface area (Å²) < 4.78 is 14.1. The standard InChI is InChI=1S/C20H23BrN4O3/c1-12-17(19(26)28-14-6-4-3-5-7-14)18(25-20(24-12)22-11-23-25)15-9-8-13(21)10-16(15)27-2/h8-11,14,18H,3-7H2,1-2H3,(H,22,23,24)/t18-/m1/s1. The van der Waals surface area contributed by atoms with Crippen LogP contribution < -0.4 is 10.1 Å². The Labute approximate surface area is 172 Å². The first kappa shape index (κ1) is 19.0. The van der Waals surface area contributed by atoms with Crippen LogP contribution in [0.3, 0.4) is 0 Å². The lowest BCUT2D eigenvalue weighted by molar-refractivity contribution is -0.146. The van der Waals surface area contributed by atoms with Gasteiger partial charge in [-0.2, -0.15) is 10.1 Å². The van der Waals surface area contributed by atoms with E-state index in [-0.39, 0.29) is 12.1 Å². The van der Waals surface area contributed by atoms with Crippen molar-refractivity contribution in [3.63, 3.8) is 0 Å². The van der Waals surface area contributed by atoms with Gasteiger partial charge in [0.05, 0.1) is 12.7 Å². The second-order valence-corrected chi connectivity index (χ2v) is 8.06. The van der Waals surface area contributed by atoms with E-state index in [4.69, 9.17) is 9.47 Å². The zero-order valence-corrected chi connectivity index (χ0v) is 17.5. The third-order valence-corrected chi connectivity index (χ3v) is 5.82. The maximum absolute atomic E-state index is 13.2. The van der Waals surface area contributed by atoms with Gasteiger partial charge in [0.2, 0.25) is 5.95 Å². The van der Waals surface area contributed by atoms with Gasteiger partial charge in [-0.25, -0.2) is 9.48 Å². The number of hydrogen-bond acceptors (Lipinski definition) is 6. The SMILES string of the molecule is COc1cc(Br)ccc1[C@@H]1C(C(=O)OC2CCCCC2)=C(C)Nc2ncnn21. The molecule has 4 rings (SSSR count). The Morgan fingerprint density at radius 1 is 1.29 bits per heavy atom. The van der Waals surface area contributed by atoms with E-state index in [9.17, 15) is 4.79 Å². The molecule has 0 amide bonds. The molecule has 148 valence electrons. The summed E-state index contributed by atoms with van der Waals surface area (Å²) in [5.74, 6) is 0.938. The van der Waals surface area contributed by atoms with E-state index in [0.29, 0.717) is 17.3 Å². The second kappa shape index (κ2) is 7.95. The summed E-state index contributed by atoms with van der Waals surface area (Å²) in [6.07, 6.45) is 6.71. The Morgan fingerprint density at radius 2 is 2.07 bits per heavy atom. The molecule has 2 aromatic rings. The minimum Gasteiger partial charge on any atom is -0.496 e. The van der Waals surface area contributed by atoms with Crippen molar-refractivity contribution in [2.45, 2.75) is 51.2 Å². The number of aromatic nitrogens is 3. The molecule has 7 nitrogen and oxygen atoms in total. The van der Waals surface area contributed by atoms with Crippen molar-refractivity contribution >= 4 is 27.8 Å². The highest BCUT2D eigenvalue weighted by Gasteiger charge is 2.37. The lowest BCUT2D eigenvalue weighted by atomic mass is 9.94. The topological polar surface area (TPSA) is 78.3 Å². The molecule has 2 aliphatic rings. The number of esters is 1. The van der Waals surface area contributed by atoms with Gasteiger partial charge in [-0.3, -0.25) is 0 Å². The molecule has 8 heteroatoms. The summed E-state index contributed by atoms with van der Waals surface area (Å²) in [5.41, 5.74) is 2.08. The van der Waals surface area contributed by atoms with Crippen molar-refractivity contribution in [2.75, 3.05) is 12.4 Å². The number of benzene rings is 1. The highest BCUT2D eigenvalue weighted by molar-refractivity contribution is 9.10. The number of anilines is 1. The Hall–Kier alpha value is -2.35. The number of fused-ring (bicyclic) bond motifs is 1. The molecule has 1 atom stereocenters. The number of rotatable bonds is 4. The van der Waals surface area contributed by atoms with Gasteiger partial charge in [-0.05, 0) is 44.7 Å². The average molecular weight is 447 g/mol. The highest BCUT2D eigenvalue weighted by atomic mass is 79.9. The molecule has 1 aromatic carbocycles. The Kier molecular flexibility index (Phi) is 5.39. The molecular weight excluding hydrogens is 424 g/mol. The molecule has 1 N–H and O–H groups in total. The van der Waals surface area contributed by atoms with E-state index in [1.54, 1.807) is 11.8 Å². The van der Waals surface area contributed by atoms with Gasteiger partial charge >= 0.3 is 5.97 Å². The van der Waals surface area contributed by atoms with Gasteiger partial charge in [0, 0.05) is 15.7 Å². The summed E-state index contributed by atoms with van der Waals surface area (Å²) in [5, 5.41) is 7.53. The van der Waals surface area contributed by atoms with Crippen molar-refractivity contribution in [3.8, 4) is 5.75 Å². The maximum Gasteiger partial charge on any atom is 0.338 e. The predicted octanol–water partition coefficient (Wildman–Crippen LogP) is 4.21. The number of carbonyl (C=O) groups excluding carboxylic acids is 1. The van der Waals surface area contributed by atoms with Crippen LogP contribution in [0.2, 0.25) is 0 Å². The van der Waals surface area contributed by atoms with E-state index in [1.807, 2.05) is 25.1 Å². The number of ether oxygens (including phenoxy) is 2. The number of hydrogen-bond donors (Lipinski definition) is 1. The van der Waals surface area contributed by atoms with Gasteiger partial charge in [0.25, 0.3) is 0 Å². The number of carbonyl (C=O) groups is 1. The fourth-order valence-corrected chi connectivity index (χ4v) is 4.29. The molecule has 1 aliphatic carbocycles. The van der Waals surface area contributed by atoms with Crippen LogP contribution in [0.15, 0.2) is 40.3 Å². The smallest absolute Gasteiger partial charge is 0.338 e. The molecule has 0 bridgehead atoms. The van der Waals surface area contributed by atoms with Crippen molar-refractivity contribution in [1.82, 2.24) is 14.8 Å². The van der Waals surface area contributed by atoms with Crippen molar-refractivity contribution in [2.24, 2.45) is 0 Å². The van der Waals surface area contributed by atoms with Gasteiger partial charge < -0.3 is 14.8 Å². The number of nitrogens with zero attached hydrogens (tertiary/aromatic N) is 3. The predicted molar refractivity (Wildman–Crippen MR) is 108 cm³/mol. The molecule has 1 fully saturated rings. The summed E-state index contributed by atoms with van der Waals surface area (Å²) in [6.45, 7) is 1.87. The monoisotopic (exact) mass is 446 g/mol. The van der Waals surface area contributed by atoms with Crippen LogP contribution in [-0.2, 0) is 9.53 Å². The summed E-state index contributed by atoms with van der Waals surface area (Å²) >= 11 is 3.48. The zero-order chi connectivity index (χ0) is 19.7. The van der Waals surface area contributed by atoms with Gasteiger partial charge in [-0.1, -0.05) is 28.4 Å². The Balaban J connectivity index is 1.75. The molecule has 0 spiro atoms. The van der Waals surface area contributed by atoms with Crippen LogP contribution in [-0.4, -0.2) is 33.9 Å². The van der Waals surface area contributed by atoms with E-state index in [0.717, 1.165) is 41.4 Å². The van der Waals surface area contributed by atoms with Crippen molar-refractivity contribution in [3.05, 3.63) is 45.8 Å². The third-order valence-electron chi connectivity index (χ3n) is 5.33. The molecule has 0 saturated heterocycles. The highest BCUT2D eigenvalue weighted by Crippen LogP contribution is 2.40. The number of nitrogens with one attached hydrogen (secondary N) is 1. The fraction of sp³-hybridized carbons (Fsp3) is 0.450. The molecule has 1 saturated carbocycles. The summed E-state index contributed by atoms with van der Waals surface area (Å²) in [4.78, 5) is 17.5. The van der Waals surface area contributed by atoms with Crippen LogP contribution in [0, 0.1) is 0 Å². The number of halogens is 1. The third kappa shape index (κ3) is 3.53. The van der Waals surface area contributed by atoms with E-state index in [1.165, 1.54) is 12.7 Å². The first-order valence-corrected chi connectivity index (χ1v) is 10.3. The van der Waals surface area contributed by atoms with Crippen molar-refractivity contribution in [1.29, 1.82) is 0 Å². The molecule has 0 radical (unpaired) electrons. The van der Waals surface area contributed by atoms with Gasteiger partial charge in [0.1, 0.15) is 24.2 Å². The largest absolute Gasteiger partial charge is 0.496 e. The Bertz CT molecular complexity index is 918. The molecular formula is C20H23BrN4O3. The zero-order valence-electron chi connectivity index (χ0n) is 15.9. The summed E-state index contributed by atoms with van der Waals surface area (Å²) in [7, 11) is 1.62. The molecule has 0 unspecified atom stereocenters. The van der Waals surface area contributed by atoms with E-state index in [2.05, 4.69) is 31.3 Å². The van der Waals surface area contributed by atoms with E-state index < -0.39 is 6.04 Å². The van der Waals surface area contributed by atoms with Crippen LogP contribution >= 0.6 is 15.9 Å². The molecule has 2 heterocycles. The lowest BCUT2D eigenvalue weighted by Gasteiger charge is -2.30.